The molecule has 4 nitrogen and oxygen atoms in total. The number of hydrogen-bond acceptors (Lipinski definition) is 3. The maximum atomic E-state index is 9.11. The van der Waals surface area contributed by atoms with Gasteiger partial charge in [-0.15, -0.1) is 0 Å². The Bertz CT molecular complexity index is 682. The number of nitrogens with zero attached hydrogens (tertiary/aromatic N) is 2. The second-order valence-electron chi connectivity index (χ2n) is 4.42. The molecule has 0 aliphatic carbocycles. The van der Waals surface area contributed by atoms with Crippen LogP contribution in [0.2, 0.25) is 0 Å². The van der Waals surface area contributed by atoms with Crippen molar-refractivity contribution in [1.82, 2.24) is 9.72 Å². The van der Waals surface area contributed by atoms with Crippen molar-refractivity contribution in [2.75, 3.05) is 0 Å². The molecule has 0 spiro atoms. The maximum Gasteiger partial charge on any atom is 0.133 e. The van der Waals surface area contributed by atoms with Crippen LogP contribution in [0.3, 0.4) is 0 Å². The van der Waals surface area contributed by atoms with Crippen LogP contribution in [0.25, 0.3) is 10.9 Å². The van der Waals surface area contributed by atoms with Gasteiger partial charge in [0.2, 0.25) is 0 Å². The van der Waals surface area contributed by atoms with E-state index in [-0.39, 0.29) is 6.61 Å². The Kier molecular flexibility index (Phi) is 2.64. The zero-order valence-corrected chi connectivity index (χ0v) is 10.1. The van der Waals surface area contributed by atoms with E-state index in [4.69, 9.17) is 9.63 Å². The van der Waals surface area contributed by atoms with Gasteiger partial charge in [-0.05, 0) is 36.1 Å². The Morgan fingerprint density at radius 2 is 2.17 bits per heavy atom. The van der Waals surface area contributed by atoms with Crippen molar-refractivity contribution in [1.29, 1.82) is 0 Å². The minimum Gasteiger partial charge on any atom is -0.392 e. The first-order valence-corrected chi connectivity index (χ1v) is 5.87. The van der Waals surface area contributed by atoms with E-state index in [9.17, 15) is 0 Å². The van der Waals surface area contributed by atoms with E-state index in [1.165, 1.54) is 0 Å². The minimum atomic E-state index is 0.0730. The van der Waals surface area contributed by atoms with Gasteiger partial charge in [-0.3, -0.25) is 0 Å². The summed E-state index contributed by atoms with van der Waals surface area (Å²) in [6, 6.07) is 9.94. The Hall–Kier alpha value is -2.07. The number of fused-ring (bicyclic) bond motifs is 1. The van der Waals surface area contributed by atoms with Gasteiger partial charge in [0.1, 0.15) is 11.5 Å². The van der Waals surface area contributed by atoms with Gasteiger partial charge >= 0.3 is 0 Å². The molecule has 92 valence electrons. The smallest absolute Gasteiger partial charge is 0.133 e. The van der Waals surface area contributed by atoms with Gasteiger partial charge in [-0.25, -0.2) is 0 Å². The number of aliphatic hydroxyl groups excluding tert-OH is 1. The average Bonchev–Trinajstić information content (AvgIpc) is 2.96. The number of benzene rings is 1. The molecule has 0 radical (unpaired) electrons. The monoisotopic (exact) mass is 242 g/mol. The first-order valence-electron chi connectivity index (χ1n) is 5.87. The molecule has 4 heteroatoms. The van der Waals surface area contributed by atoms with Crippen LogP contribution in [0.15, 0.2) is 41.1 Å². The summed E-state index contributed by atoms with van der Waals surface area (Å²) in [6.45, 7) is 2.65. The third kappa shape index (κ3) is 1.91. The van der Waals surface area contributed by atoms with Crippen LogP contribution in [0, 0.1) is 6.92 Å². The Labute approximate surface area is 104 Å². The highest BCUT2D eigenvalue weighted by Gasteiger charge is 2.05. The van der Waals surface area contributed by atoms with E-state index < -0.39 is 0 Å². The van der Waals surface area contributed by atoms with E-state index in [2.05, 4.69) is 9.72 Å². The normalized spacial score (nSPS) is 11.2. The summed E-state index contributed by atoms with van der Waals surface area (Å²) in [5, 5.41) is 14.2. The lowest BCUT2D eigenvalue weighted by atomic mass is 10.2. The lowest BCUT2D eigenvalue weighted by Crippen LogP contribution is -1.97. The molecule has 0 aliphatic rings. The first kappa shape index (κ1) is 11.0. The molecule has 2 heterocycles. The van der Waals surface area contributed by atoms with Crippen molar-refractivity contribution in [2.24, 2.45) is 0 Å². The van der Waals surface area contributed by atoms with Crippen LogP contribution >= 0.6 is 0 Å². The van der Waals surface area contributed by atoms with Gasteiger partial charge < -0.3 is 14.2 Å². The molecule has 0 saturated carbocycles. The quantitative estimate of drug-likeness (QED) is 0.767. The summed E-state index contributed by atoms with van der Waals surface area (Å²) >= 11 is 0. The SMILES string of the molecule is Cc1cc(Cn2ccc3cc(CO)ccc32)no1. The lowest BCUT2D eigenvalue weighted by Gasteiger charge is -2.03. The number of hydrogen-bond donors (Lipinski definition) is 1. The molecular weight excluding hydrogens is 228 g/mol. The molecule has 0 bridgehead atoms. The van der Waals surface area contributed by atoms with Crippen molar-refractivity contribution >= 4 is 10.9 Å². The highest BCUT2D eigenvalue weighted by molar-refractivity contribution is 5.80. The highest BCUT2D eigenvalue weighted by Crippen LogP contribution is 2.19. The van der Waals surface area contributed by atoms with Crippen molar-refractivity contribution in [3.05, 3.63) is 53.5 Å². The molecule has 2 aromatic heterocycles. The predicted octanol–water partition coefficient (Wildman–Crippen LogP) is 2.48. The van der Waals surface area contributed by atoms with E-state index >= 15 is 0 Å². The third-order valence-corrected chi connectivity index (χ3v) is 3.03. The van der Waals surface area contributed by atoms with E-state index in [0.717, 1.165) is 27.9 Å². The molecular formula is C14H14N2O2. The molecule has 3 rings (SSSR count). The van der Waals surface area contributed by atoms with Gasteiger partial charge in [-0.1, -0.05) is 11.2 Å². The summed E-state index contributed by atoms with van der Waals surface area (Å²) in [5.41, 5.74) is 2.97. The molecule has 0 atom stereocenters. The molecule has 0 fully saturated rings. The zero-order chi connectivity index (χ0) is 12.5. The Balaban J connectivity index is 1.97. The van der Waals surface area contributed by atoms with Crippen LogP contribution in [-0.2, 0) is 13.2 Å². The van der Waals surface area contributed by atoms with Crippen molar-refractivity contribution in [3.8, 4) is 0 Å². The molecule has 0 amide bonds. The number of aliphatic hydroxyl groups is 1. The second kappa shape index (κ2) is 4.31. The summed E-state index contributed by atoms with van der Waals surface area (Å²) in [7, 11) is 0. The van der Waals surface area contributed by atoms with Gasteiger partial charge in [0.15, 0.2) is 0 Å². The van der Waals surface area contributed by atoms with Crippen molar-refractivity contribution < 1.29 is 9.63 Å². The average molecular weight is 242 g/mol. The third-order valence-electron chi connectivity index (χ3n) is 3.03. The summed E-state index contributed by atoms with van der Waals surface area (Å²) in [4.78, 5) is 0. The Morgan fingerprint density at radius 1 is 1.28 bits per heavy atom. The van der Waals surface area contributed by atoms with Crippen LogP contribution < -0.4 is 0 Å². The maximum absolute atomic E-state index is 9.11. The van der Waals surface area contributed by atoms with Gasteiger partial charge in [0, 0.05) is 17.8 Å². The summed E-state index contributed by atoms with van der Waals surface area (Å²) in [5.74, 6) is 0.823. The van der Waals surface area contributed by atoms with Crippen LogP contribution in [0.4, 0.5) is 0 Å². The van der Waals surface area contributed by atoms with Crippen LogP contribution in [0.1, 0.15) is 17.0 Å². The molecule has 1 N–H and O–H groups in total. The number of aromatic nitrogens is 2. The van der Waals surface area contributed by atoms with Crippen LogP contribution in [0.5, 0.6) is 0 Å². The minimum absolute atomic E-state index is 0.0730. The fourth-order valence-electron chi connectivity index (χ4n) is 2.15. The fraction of sp³-hybridized carbons (Fsp3) is 0.214. The summed E-state index contributed by atoms with van der Waals surface area (Å²) < 4.78 is 7.18. The predicted molar refractivity (Wildman–Crippen MR) is 68.2 cm³/mol. The van der Waals surface area contributed by atoms with Gasteiger partial charge in [0.05, 0.1) is 13.2 Å². The molecule has 1 aromatic carbocycles. The zero-order valence-electron chi connectivity index (χ0n) is 10.1. The fourth-order valence-corrected chi connectivity index (χ4v) is 2.15. The standard InChI is InChI=1S/C14H14N2O2/c1-10-6-13(15-18-10)8-16-5-4-12-7-11(9-17)2-3-14(12)16/h2-7,17H,8-9H2,1H3. The molecule has 0 saturated heterocycles. The first-order chi connectivity index (χ1) is 8.76. The van der Waals surface area contributed by atoms with Gasteiger partial charge in [-0.2, -0.15) is 0 Å². The van der Waals surface area contributed by atoms with Crippen molar-refractivity contribution in [2.45, 2.75) is 20.1 Å². The van der Waals surface area contributed by atoms with Crippen molar-refractivity contribution in [3.63, 3.8) is 0 Å². The Morgan fingerprint density at radius 3 is 2.89 bits per heavy atom. The van der Waals surface area contributed by atoms with E-state index in [1.807, 2.05) is 43.5 Å². The van der Waals surface area contributed by atoms with E-state index in [1.54, 1.807) is 0 Å². The van der Waals surface area contributed by atoms with E-state index in [0.29, 0.717) is 6.54 Å². The molecule has 0 unspecified atom stereocenters. The van der Waals surface area contributed by atoms with Crippen LogP contribution in [-0.4, -0.2) is 14.8 Å². The highest BCUT2D eigenvalue weighted by atomic mass is 16.5. The number of rotatable bonds is 3. The molecule has 0 aliphatic heterocycles. The van der Waals surface area contributed by atoms with Gasteiger partial charge in [0.25, 0.3) is 0 Å². The largest absolute Gasteiger partial charge is 0.392 e. The molecule has 3 aromatic rings. The molecule has 18 heavy (non-hydrogen) atoms. The topological polar surface area (TPSA) is 51.2 Å². The summed E-state index contributed by atoms with van der Waals surface area (Å²) in [6.07, 6.45) is 2.02. The lowest BCUT2D eigenvalue weighted by molar-refractivity contribution is 0.282. The second-order valence-corrected chi connectivity index (χ2v) is 4.42. The number of aryl methyl sites for hydroxylation is 1.